The molecule has 1 aromatic heterocycles. The molecule has 0 bridgehead atoms. The van der Waals surface area contributed by atoms with Crippen LogP contribution in [0.2, 0.25) is 0 Å². The monoisotopic (exact) mass is 663 g/mol. The van der Waals surface area contributed by atoms with Crippen molar-refractivity contribution >= 4 is 17.8 Å². The van der Waals surface area contributed by atoms with E-state index in [1.807, 2.05) is 35.5 Å². The summed E-state index contributed by atoms with van der Waals surface area (Å²) in [4.78, 5) is 39.1. The highest BCUT2D eigenvalue weighted by molar-refractivity contribution is 5.80. The number of fused-ring (bicyclic) bond motifs is 1. The average molecular weight is 664 g/mol. The van der Waals surface area contributed by atoms with Gasteiger partial charge in [0.2, 0.25) is 5.91 Å². The van der Waals surface area contributed by atoms with Crippen molar-refractivity contribution in [2.24, 2.45) is 5.92 Å². The summed E-state index contributed by atoms with van der Waals surface area (Å²) >= 11 is 0. The van der Waals surface area contributed by atoms with Gasteiger partial charge in [0.05, 0.1) is 32.7 Å². The van der Waals surface area contributed by atoms with Crippen LogP contribution in [-0.2, 0) is 38.5 Å². The summed E-state index contributed by atoms with van der Waals surface area (Å²) in [5, 5.41) is 14.2. The number of pyridine rings is 1. The summed E-state index contributed by atoms with van der Waals surface area (Å²) in [5.41, 5.74) is 3.44. The van der Waals surface area contributed by atoms with E-state index in [9.17, 15) is 31.1 Å². The number of hydrogen-bond acceptors (Lipinski definition) is 7. The summed E-state index contributed by atoms with van der Waals surface area (Å²) in [6, 6.07) is 10.3. The van der Waals surface area contributed by atoms with Gasteiger partial charge in [-0.2, -0.15) is 26.3 Å². The number of carbonyl (C=O) groups excluding carboxylic acids is 1. The Bertz CT molecular complexity index is 1300. The quantitative estimate of drug-likeness (QED) is 0.434. The van der Waals surface area contributed by atoms with Gasteiger partial charge in [-0.15, -0.1) is 0 Å². The number of aryl methyl sites for hydroxylation is 1. The zero-order valence-electron chi connectivity index (χ0n) is 24.9. The van der Waals surface area contributed by atoms with Gasteiger partial charge in [-0.3, -0.25) is 9.78 Å². The Morgan fingerprint density at radius 3 is 2.24 bits per heavy atom. The zero-order valence-corrected chi connectivity index (χ0v) is 24.9. The number of amides is 1. The molecular weight excluding hydrogens is 628 g/mol. The number of aromatic nitrogens is 1. The topological polar surface area (TPSA) is 130 Å². The first kappa shape index (κ1) is 36.5. The summed E-state index contributed by atoms with van der Waals surface area (Å²) < 4.78 is 75.5. The lowest BCUT2D eigenvalue weighted by atomic mass is 9.82. The van der Waals surface area contributed by atoms with Crippen LogP contribution in [0.15, 0.2) is 42.7 Å². The van der Waals surface area contributed by atoms with E-state index >= 15 is 0 Å². The van der Waals surface area contributed by atoms with E-state index in [2.05, 4.69) is 29.1 Å². The van der Waals surface area contributed by atoms with Crippen LogP contribution in [0.3, 0.4) is 0 Å². The van der Waals surface area contributed by atoms with Gasteiger partial charge in [-0.05, 0) is 67.5 Å². The van der Waals surface area contributed by atoms with E-state index in [0.717, 1.165) is 76.4 Å². The number of likely N-dealkylation sites (tertiary alicyclic amines) is 1. The maximum atomic E-state index is 12.8. The number of carboxylic acids is 2. The van der Waals surface area contributed by atoms with Crippen molar-refractivity contribution in [3.8, 4) is 5.75 Å². The lowest BCUT2D eigenvalue weighted by Crippen LogP contribution is -2.66. The Morgan fingerprint density at radius 2 is 1.70 bits per heavy atom. The number of nitrogens with zero attached hydrogens (tertiary/aromatic N) is 3. The molecular formula is C30H35F6N3O7. The molecule has 1 atom stereocenters. The minimum Gasteiger partial charge on any atom is -0.493 e. The van der Waals surface area contributed by atoms with Crippen LogP contribution < -0.4 is 4.74 Å². The fraction of sp³-hybridized carbons (Fsp3) is 0.533. The van der Waals surface area contributed by atoms with Gasteiger partial charge in [0.15, 0.2) is 0 Å². The van der Waals surface area contributed by atoms with Crippen LogP contribution in [0.5, 0.6) is 5.75 Å². The number of carboxylic acid groups (broad SMARTS) is 2. The predicted molar refractivity (Wildman–Crippen MR) is 150 cm³/mol. The lowest BCUT2D eigenvalue weighted by Gasteiger charge is -2.53. The SMILES string of the molecule is CN(Cc1cccnc1)CC1CCC2(CN(C(=O)Cc3ccc4c(c3)CCCO4)C2)OC1.O=C(O)C(F)(F)F.O=C(O)C(F)(F)F. The Labute approximate surface area is 260 Å². The molecule has 10 nitrogen and oxygen atoms in total. The van der Waals surface area contributed by atoms with Crippen molar-refractivity contribution in [1.82, 2.24) is 14.8 Å². The maximum absolute atomic E-state index is 12.8. The van der Waals surface area contributed by atoms with Crippen LogP contribution in [0.4, 0.5) is 26.3 Å². The molecule has 5 rings (SSSR count). The summed E-state index contributed by atoms with van der Waals surface area (Å²) in [5.74, 6) is -3.79. The van der Waals surface area contributed by atoms with Crippen LogP contribution >= 0.6 is 0 Å². The van der Waals surface area contributed by atoms with Crippen LogP contribution in [-0.4, -0.2) is 101 Å². The molecule has 16 heteroatoms. The molecule has 46 heavy (non-hydrogen) atoms. The van der Waals surface area contributed by atoms with Gasteiger partial charge in [-0.25, -0.2) is 9.59 Å². The highest BCUT2D eigenvalue weighted by Crippen LogP contribution is 2.37. The molecule has 3 aliphatic heterocycles. The molecule has 4 heterocycles. The number of aliphatic carboxylic acids is 2. The van der Waals surface area contributed by atoms with Crippen LogP contribution in [0, 0.1) is 5.92 Å². The van der Waals surface area contributed by atoms with Gasteiger partial charge in [0.1, 0.15) is 11.4 Å². The second-order valence-electron chi connectivity index (χ2n) is 11.4. The molecule has 1 amide bonds. The molecule has 0 aliphatic carbocycles. The number of hydrogen-bond donors (Lipinski definition) is 2. The fourth-order valence-electron chi connectivity index (χ4n) is 5.26. The normalized spacial score (nSPS) is 18.5. The molecule has 0 saturated carbocycles. The third kappa shape index (κ3) is 11.2. The molecule has 2 aromatic rings. The molecule has 0 radical (unpaired) electrons. The third-order valence-corrected chi connectivity index (χ3v) is 7.50. The van der Waals surface area contributed by atoms with Gasteiger partial charge < -0.3 is 29.5 Å². The lowest BCUT2D eigenvalue weighted by molar-refractivity contribution is -0.193. The standard InChI is InChI=1S/C26H33N3O3.2C2HF3O2/c1-28(15-21-4-2-10-27-14-21)16-22-8-9-26(32-17-22)18-29(19-26)25(30)13-20-6-7-24-23(12-20)5-3-11-31-24;2*3-2(4,5)1(6)7/h2,4,6-7,10,12,14,22H,3,5,8-9,11,13,15-19H2,1H3;2*(H,6,7). The Kier molecular flexibility index (Phi) is 12.4. The first-order chi connectivity index (χ1) is 21.5. The van der Waals surface area contributed by atoms with E-state index < -0.39 is 24.3 Å². The van der Waals surface area contributed by atoms with Crippen LogP contribution in [0.1, 0.15) is 36.0 Å². The number of alkyl halides is 6. The van der Waals surface area contributed by atoms with Crippen molar-refractivity contribution in [2.75, 3.05) is 39.9 Å². The minimum atomic E-state index is -5.08. The molecule has 1 aromatic carbocycles. The largest absolute Gasteiger partial charge is 0.493 e. The molecule has 2 saturated heterocycles. The molecule has 2 N–H and O–H groups in total. The van der Waals surface area contributed by atoms with Crippen LogP contribution in [0.25, 0.3) is 0 Å². The number of rotatable bonds is 6. The number of ether oxygens (including phenoxy) is 2. The minimum absolute atomic E-state index is 0.113. The summed E-state index contributed by atoms with van der Waals surface area (Å²) in [7, 11) is 2.16. The summed E-state index contributed by atoms with van der Waals surface area (Å²) in [6.45, 7) is 4.98. The summed E-state index contributed by atoms with van der Waals surface area (Å²) in [6.07, 6.45) is -1.67. The van der Waals surface area contributed by atoms with E-state index in [0.29, 0.717) is 12.3 Å². The average Bonchev–Trinajstić information content (AvgIpc) is 2.96. The molecule has 1 unspecified atom stereocenters. The van der Waals surface area contributed by atoms with Crippen molar-refractivity contribution < 1.29 is 60.4 Å². The van der Waals surface area contributed by atoms with Crippen molar-refractivity contribution in [3.63, 3.8) is 0 Å². The first-order valence-electron chi connectivity index (χ1n) is 14.3. The highest BCUT2D eigenvalue weighted by Gasteiger charge is 2.48. The zero-order chi connectivity index (χ0) is 34.1. The Balaban J connectivity index is 0.000000345. The smallest absolute Gasteiger partial charge is 0.490 e. The van der Waals surface area contributed by atoms with Gasteiger partial charge in [0.25, 0.3) is 0 Å². The van der Waals surface area contributed by atoms with Crippen molar-refractivity contribution in [2.45, 2.75) is 56.6 Å². The fourth-order valence-corrected chi connectivity index (χ4v) is 5.26. The van der Waals surface area contributed by atoms with Gasteiger partial charge >= 0.3 is 24.3 Å². The maximum Gasteiger partial charge on any atom is 0.490 e. The molecule has 3 aliphatic rings. The molecule has 254 valence electrons. The number of carbonyl (C=O) groups is 3. The van der Waals surface area contributed by atoms with Crippen molar-refractivity contribution in [1.29, 1.82) is 0 Å². The first-order valence-corrected chi connectivity index (χ1v) is 14.3. The number of halogens is 6. The van der Waals surface area contributed by atoms with E-state index in [1.54, 1.807) is 0 Å². The second-order valence-corrected chi connectivity index (χ2v) is 11.4. The van der Waals surface area contributed by atoms with Crippen molar-refractivity contribution in [3.05, 3.63) is 59.4 Å². The predicted octanol–water partition coefficient (Wildman–Crippen LogP) is 4.36. The van der Waals surface area contributed by atoms with Gasteiger partial charge in [-0.1, -0.05) is 18.2 Å². The van der Waals surface area contributed by atoms with E-state index in [4.69, 9.17) is 29.3 Å². The van der Waals surface area contributed by atoms with E-state index in [1.165, 1.54) is 11.1 Å². The highest BCUT2D eigenvalue weighted by atomic mass is 19.4. The molecule has 2 fully saturated rings. The number of benzene rings is 1. The Morgan fingerprint density at radius 1 is 1.04 bits per heavy atom. The third-order valence-electron chi connectivity index (χ3n) is 7.50. The van der Waals surface area contributed by atoms with Gasteiger partial charge in [0, 0.05) is 25.5 Å². The Hall–Kier alpha value is -3.92. The molecule has 1 spiro atoms. The van der Waals surface area contributed by atoms with E-state index in [-0.39, 0.29) is 11.5 Å². The second kappa shape index (κ2) is 15.6.